The van der Waals surface area contributed by atoms with Gasteiger partial charge in [-0.15, -0.1) is 0 Å². The van der Waals surface area contributed by atoms with Crippen molar-refractivity contribution in [3.8, 4) is 11.8 Å². The summed E-state index contributed by atoms with van der Waals surface area (Å²) in [5, 5.41) is 19.3. The summed E-state index contributed by atoms with van der Waals surface area (Å²) in [6, 6.07) is 0. The molecule has 0 spiro atoms. The van der Waals surface area contributed by atoms with Gasteiger partial charge in [-0.2, -0.15) is 0 Å². The van der Waals surface area contributed by atoms with Crippen LogP contribution >= 0.6 is 0 Å². The number of aliphatic hydroxyl groups excluding tert-OH is 2. The highest BCUT2D eigenvalue weighted by Gasteiger charge is 2.09. The zero-order chi connectivity index (χ0) is 15.4. The summed E-state index contributed by atoms with van der Waals surface area (Å²) in [5.41, 5.74) is 0. The summed E-state index contributed by atoms with van der Waals surface area (Å²) in [4.78, 5) is 10.6. The van der Waals surface area contributed by atoms with Crippen LogP contribution in [0.15, 0.2) is 36.5 Å². The molecule has 0 amide bonds. The summed E-state index contributed by atoms with van der Waals surface area (Å²) < 4.78 is 4.83. The maximum absolute atomic E-state index is 10.6. The van der Waals surface area contributed by atoms with Gasteiger partial charge >= 0.3 is 5.97 Å². The molecule has 0 heterocycles. The van der Waals surface area contributed by atoms with Crippen molar-refractivity contribution in [1.82, 2.24) is 0 Å². The highest BCUT2D eigenvalue weighted by Crippen LogP contribution is 2.03. The van der Waals surface area contributed by atoms with Crippen molar-refractivity contribution < 1.29 is 19.7 Å². The van der Waals surface area contributed by atoms with E-state index in [1.165, 1.54) is 25.2 Å². The third-order valence-corrected chi connectivity index (χ3v) is 2.25. The van der Waals surface area contributed by atoms with Crippen molar-refractivity contribution >= 4 is 5.97 Å². The number of allylic oxidation sites excluding steroid dienone is 3. The van der Waals surface area contributed by atoms with Crippen molar-refractivity contribution in [3.63, 3.8) is 0 Å². The van der Waals surface area contributed by atoms with Crippen LogP contribution < -0.4 is 0 Å². The molecule has 3 atom stereocenters. The van der Waals surface area contributed by atoms with E-state index in [4.69, 9.17) is 4.74 Å². The lowest BCUT2D eigenvalue weighted by Gasteiger charge is -2.11. The van der Waals surface area contributed by atoms with Crippen LogP contribution in [-0.2, 0) is 9.53 Å². The number of aliphatic hydroxyl groups is 2. The zero-order valence-corrected chi connectivity index (χ0v) is 12.1. The Morgan fingerprint density at radius 2 is 1.75 bits per heavy atom. The molecule has 0 radical (unpaired) electrons. The number of carbonyl (C=O) groups excluding carboxylic acids is 1. The molecule has 0 aromatic heterocycles. The van der Waals surface area contributed by atoms with Gasteiger partial charge < -0.3 is 14.9 Å². The summed E-state index contributed by atoms with van der Waals surface area (Å²) in [5.74, 6) is 5.06. The van der Waals surface area contributed by atoms with Gasteiger partial charge in [0.05, 0.1) is 6.61 Å². The van der Waals surface area contributed by atoms with Crippen molar-refractivity contribution in [2.75, 3.05) is 6.61 Å². The van der Waals surface area contributed by atoms with E-state index >= 15 is 0 Å². The first-order valence-corrected chi connectivity index (χ1v) is 6.44. The Kier molecular flexibility index (Phi) is 10.0. The largest absolute Gasteiger partial charge is 0.465 e. The van der Waals surface area contributed by atoms with Gasteiger partial charge in [-0.3, -0.25) is 4.79 Å². The lowest BCUT2D eigenvalue weighted by molar-refractivity contribution is -0.141. The number of esters is 1. The molecular weight excluding hydrogens is 256 g/mol. The van der Waals surface area contributed by atoms with E-state index in [1.807, 2.05) is 13.8 Å². The molecule has 0 fully saturated rings. The molecule has 2 N–H and O–H groups in total. The van der Waals surface area contributed by atoms with E-state index in [1.54, 1.807) is 18.2 Å². The normalized spacial score (nSPS) is 16.1. The van der Waals surface area contributed by atoms with Crippen LogP contribution in [0.3, 0.4) is 0 Å². The molecule has 20 heavy (non-hydrogen) atoms. The maximum Gasteiger partial charge on any atom is 0.302 e. The molecule has 4 nitrogen and oxygen atoms in total. The van der Waals surface area contributed by atoms with E-state index in [9.17, 15) is 15.0 Å². The lowest BCUT2D eigenvalue weighted by atomic mass is 10.1. The highest BCUT2D eigenvalue weighted by atomic mass is 16.5. The van der Waals surface area contributed by atoms with E-state index in [0.717, 1.165) is 0 Å². The zero-order valence-electron chi connectivity index (χ0n) is 12.1. The Morgan fingerprint density at radius 3 is 2.35 bits per heavy atom. The van der Waals surface area contributed by atoms with Crippen molar-refractivity contribution in [2.24, 2.45) is 5.92 Å². The molecule has 0 aromatic carbocycles. The van der Waals surface area contributed by atoms with Gasteiger partial charge in [-0.25, -0.2) is 0 Å². The van der Waals surface area contributed by atoms with Crippen LogP contribution in [0.2, 0.25) is 0 Å². The molecule has 110 valence electrons. The van der Waals surface area contributed by atoms with Gasteiger partial charge in [0.1, 0.15) is 12.2 Å². The first-order valence-electron chi connectivity index (χ1n) is 6.44. The highest BCUT2D eigenvalue weighted by molar-refractivity contribution is 5.65. The number of rotatable bonds is 6. The molecule has 0 saturated carbocycles. The van der Waals surface area contributed by atoms with Gasteiger partial charge in [0, 0.05) is 12.8 Å². The van der Waals surface area contributed by atoms with Crippen LogP contribution in [-0.4, -0.2) is 35.0 Å². The van der Waals surface area contributed by atoms with Crippen LogP contribution in [0.5, 0.6) is 0 Å². The van der Waals surface area contributed by atoms with Gasteiger partial charge in [0.25, 0.3) is 0 Å². The summed E-state index contributed by atoms with van der Waals surface area (Å²) in [6.07, 6.45) is 7.52. The number of ether oxygens (including phenoxy) is 1. The van der Waals surface area contributed by atoms with Gasteiger partial charge in [-0.05, 0) is 25.2 Å². The first kappa shape index (κ1) is 18.2. The Labute approximate surface area is 120 Å². The minimum absolute atomic E-state index is 0.0285. The molecule has 0 aliphatic heterocycles. The second-order valence-corrected chi connectivity index (χ2v) is 4.29. The fourth-order valence-corrected chi connectivity index (χ4v) is 1.16. The Balaban J connectivity index is 4.21. The van der Waals surface area contributed by atoms with Crippen LogP contribution in [0.1, 0.15) is 20.8 Å². The third-order valence-electron chi connectivity index (χ3n) is 2.25. The number of carbonyl (C=O) groups is 1. The van der Waals surface area contributed by atoms with E-state index < -0.39 is 12.2 Å². The molecular formula is C16H22O4. The quantitative estimate of drug-likeness (QED) is 0.440. The fourth-order valence-electron chi connectivity index (χ4n) is 1.16. The Hall–Kier alpha value is -1.83. The summed E-state index contributed by atoms with van der Waals surface area (Å²) in [6.45, 7) is 5.30. The van der Waals surface area contributed by atoms with Crippen molar-refractivity contribution in [1.29, 1.82) is 0 Å². The molecule has 4 heteroatoms. The predicted octanol–water partition coefficient (Wildman–Crippen LogP) is 1.60. The molecule has 0 aliphatic rings. The van der Waals surface area contributed by atoms with Gasteiger partial charge in [0.2, 0.25) is 0 Å². The van der Waals surface area contributed by atoms with E-state index in [0.29, 0.717) is 0 Å². The van der Waals surface area contributed by atoms with E-state index in [-0.39, 0.29) is 18.5 Å². The predicted molar refractivity (Wildman–Crippen MR) is 78.7 cm³/mol. The molecule has 0 rings (SSSR count). The second kappa shape index (κ2) is 11.0. The monoisotopic (exact) mass is 278 g/mol. The van der Waals surface area contributed by atoms with Gasteiger partial charge in [0.15, 0.2) is 0 Å². The number of hydrogen-bond acceptors (Lipinski definition) is 4. The minimum atomic E-state index is -1.02. The standard InChI is InChI=1S/C16H22O4/c1-4-5-6-7-8-9-15(18)16(19)11-10-13(2)12-20-14(3)17/h4-5,8-11,13,15-16,18-19H,12H2,1-3H3. The van der Waals surface area contributed by atoms with Crippen molar-refractivity contribution in [3.05, 3.63) is 36.5 Å². The van der Waals surface area contributed by atoms with Gasteiger partial charge in [-0.1, -0.05) is 37.0 Å². The molecule has 0 aromatic rings. The smallest absolute Gasteiger partial charge is 0.302 e. The van der Waals surface area contributed by atoms with Crippen LogP contribution in [0, 0.1) is 17.8 Å². The topological polar surface area (TPSA) is 66.8 Å². The minimum Gasteiger partial charge on any atom is -0.465 e. The van der Waals surface area contributed by atoms with Crippen LogP contribution in [0.25, 0.3) is 0 Å². The lowest BCUT2D eigenvalue weighted by Crippen LogP contribution is -2.21. The molecule has 3 unspecified atom stereocenters. The first-order chi connectivity index (χ1) is 9.47. The Bertz CT molecular complexity index is 423. The summed E-state index contributed by atoms with van der Waals surface area (Å²) in [7, 11) is 0. The number of hydrogen-bond donors (Lipinski definition) is 2. The fraction of sp³-hybridized carbons (Fsp3) is 0.438. The molecule has 0 bridgehead atoms. The average molecular weight is 278 g/mol. The maximum atomic E-state index is 10.6. The Morgan fingerprint density at radius 1 is 1.15 bits per heavy atom. The van der Waals surface area contributed by atoms with Crippen molar-refractivity contribution in [2.45, 2.75) is 33.0 Å². The van der Waals surface area contributed by atoms with E-state index in [2.05, 4.69) is 11.8 Å². The second-order valence-electron chi connectivity index (χ2n) is 4.29. The van der Waals surface area contributed by atoms with Crippen LogP contribution in [0.4, 0.5) is 0 Å². The average Bonchev–Trinajstić information content (AvgIpc) is 2.41. The molecule has 0 aliphatic carbocycles. The third kappa shape index (κ3) is 10.1. The molecule has 0 saturated heterocycles. The summed E-state index contributed by atoms with van der Waals surface area (Å²) >= 11 is 0. The SMILES string of the molecule is CC=CC#CC=CC(O)C(O)C=CC(C)COC(C)=O.